The minimum atomic E-state index is 0.369. The van der Waals surface area contributed by atoms with E-state index in [4.69, 9.17) is 0 Å². The summed E-state index contributed by atoms with van der Waals surface area (Å²) in [7, 11) is 1.83. The van der Waals surface area contributed by atoms with Gasteiger partial charge in [-0.2, -0.15) is 0 Å². The van der Waals surface area contributed by atoms with Gasteiger partial charge in [0.25, 0.3) is 0 Å². The van der Waals surface area contributed by atoms with Crippen molar-refractivity contribution in [2.24, 2.45) is 4.99 Å². The summed E-state index contributed by atoms with van der Waals surface area (Å²) in [5, 5.41) is 3.24. The van der Waals surface area contributed by atoms with Gasteiger partial charge < -0.3 is 0 Å². The number of aromatic nitrogens is 1. The van der Waals surface area contributed by atoms with Crippen LogP contribution in [0.1, 0.15) is 30.5 Å². The largest absolute Gasteiger partial charge is 0.297 e. The second kappa shape index (κ2) is 3.81. The number of nitrogens with zero attached hydrogens (tertiary/aromatic N) is 2. The molecule has 0 aromatic carbocycles. The molecule has 0 saturated heterocycles. The van der Waals surface area contributed by atoms with Crippen molar-refractivity contribution in [3.8, 4) is 0 Å². The minimum absolute atomic E-state index is 0.369. The van der Waals surface area contributed by atoms with Crippen molar-refractivity contribution < 1.29 is 0 Å². The van der Waals surface area contributed by atoms with Gasteiger partial charge >= 0.3 is 0 Å². The summed E-state index contributed by atoms with van der Waals surface area (Å²) < 4.78 is 0. The quantitative estimate of drug-likeness (QED) is 0.645. The fourth-order valence-corrected chi connectivity index (χ4v) is 1.86. The first-order valence-corrected chi connectivity index (χ1v) is 4.88. The van der Waals surface area contributed by atoms with Crippen molar-refractivity contribution in [3.63, 3.8) is 0 Å². The summed E-state index contributed by atoms with van der Waals surface area (Å²) in [4.78, 5) is 8.57. The number of hydrogen-bond donors (Lipinski definition) is 0. The molecule has 1 aromatic heterocycles. The fraction of sp³-hybridized carbons (Fsp3) is 0.556. The minimum Gasteiger partial charge on any atom is -0.297 e. The molecule has 0 aliphatic rings. The molecule has 0 radical (unpaired) electrons. The van der Waals surface area contributed by atoms with E-state index in [0.29, 0.717) is 5.92 Å². The highest BCUT2D eigenvalue weighted by molar-refractivity contribution is 7.09. The first-order valence-electron chi connectivity index (χ1n) is 4.00. The predicted octanol–water partition coefficient (Wildman–Crippen LogP) is 2.65. The van der Waals surface area contributed by atoms with E-state index in [2.05, 4.69) is 22.3 Å². The Morgan fingerprint density at radius 1 is 1.67 bits per heavy atom. The Morgan fingerprint density at radius 2 is 2.33 bits per heavy atom. The topological polar surface area (TPSA) is 25.2 Å². The van der Waals surface area contributed by atoms with Crippen molar-refractivity contribution in [2.45, 2.75) is 26.7 Å². The lowest BCUT2D eigenvalue weighted by molar-refractivity contribution is 0.969. The van der Waals surface area contributed by atoms with Crippen molar-refractivity contribution in [1.82, 2.24) is 4.98 Å². The normalized spacial score (nSPS) is 14.8. The smallest absolute Gasteiger partial charge is 0.101 e. The summed E-state index contributed by atoms with van der Waals surface area (Å²) in [6.45, 7) is 6.20. The standard InChI is InChI=1S/C9H14N2S/c1-6-5-12-9(11-6)7(2)8(3)10-4/h5,7H,1-4H3. The third-order valence-electron chi connectivity index (χ3n) is 1.99. The van der Waals surface area contributed by atoms with Crippen LogP contribution in [0.5, 0.6) is 0 Å². The molecule has 1 atom stereocenters. The van der Waals surface area contributed by atoms with E-state index < -0.39 is 0 Å². The Morgan fingerprint density at radius 3 is 2.75 bits per heavy atom. The summed E-state index contributed by atoms with van der Waals surface area (Å²) in [5.41, 5.74) is 2.25. The first-order chi connectivity index (χ1) is 5.65. The second-order valence-electron chi connectivity index (χ2n) is 2.91. The Hall–Kier alpha value is -0.700. The lowest BCUT2D eigenvalue weighted by Crippen LogP contribution is -2.04. The van der Waals surface area contributed by atoms with Gasteiger partial charge in [0.15, 0.2) is 0 Å². The fourth-order valence-electron chi connectivity index (χ4n) is 0.943. The van der Waals surface area contributed by atoms with E-state index in [-0.39, 0.29) is 0 Å². The maximum atomic E-state index is 4.42. The lowest BCUT2D eigenvalue weighted by Gasteiger charge is -2.05. The summed E-state index contributed by atoms with van der Waals surface area (Å²) in [5.74, 6) is 0.369. The van der Waals surface area contributed by atoms with Crippen LogP contribution in [-0.2, 0) is 0 Å². The van der Waals surface area contributed by atoms with Gasteiger partial charge in [0, 0.05) is 29.8 Å². The third kappa shape index (κ3) is 1.91. The van der Waals surface area contributed by atoms with Crippen LogP contribution in [0.4, 0.5) is 0 Å². The van der Waals surface area contributed by atoms with Crippen LogP contribution in [-0.4, -0.2) is 17.7 Å². The highest BCUT2D eigenvalue weighted by Crippen LogP contribution is 2.20. The molecule has 0 amide bonds. The van der Waals surface area contributed by atoms with Gasteiger partial charge in [-0.3, -0.25) is 4.99 Å². The Bertz CT molecular complexity index is 288. The van der Waals surface area contributed by atoms with Crippen LogP contribution in [0.3, 0.4) is 0 Å². The lowest BCUT2D eigenvalue weighted by atomic mass is 10.1. The molecule has 0 spiro atoms. The Balaban J connectivity index is 2.85. The third-order valence-corrected chi connectivity index (χ3v) is 3.13. The number of rotatable bonds is 2. The van der Waals surface area contributed by atoms with Crippen molar-refractivity contribution in [2.75, 3.05) is 7.05 Å². The van der Waals surface area contributed by atoms with Gasteiger partial charge in [0.2, 0.25) is 0 Å². The van der Waals surface area contributed by atoms with Gasteiger partial charge in [0.1, 0.15) is 5.01 Å². The molecule has 1 unspecified atom stereocenters. The van der Waals surface area contributed by atoms with Crippen LogP contribution in [0.2, 0.25) is 0 Å². The maximum Gasteiger partial charge on any atom is 0.101 e. The monoisotopic (exact) mass is 182 g/mol. The van der Waals surface area contributed by atoms with Crippen molar-refractivity contribution >= 4 is 17.0 Å². The highest BCUT2D eigenvalue weighted by Gasteiger charge is 2.11. The highest BCUT2D eigenvalue weighted by atomic mass is 32.1. The van der Waals surface area contributed by atoms with E-state index >= 15 is 0 Å². The molecule has 1 rings (SSSR count). The molecule has 1 heterocycles. The zero-order valence-electron chi connectivity index (χ0n) is 7.96. The van der Waals surface area contributed by atoms with Gasteiger partial charge in [0.05, 0.1) is 0 Å². The second-order valence-corrected chi connectivity index (χ2v) is 3.80. The molecule has 1 aromatic rings. The molecule has 0 fully saturated rings. The Labute approximate surface area is 77.4 Å². The van der Waals surface area contributed by atoms with Gasteiger partial charge in [-0.15, -0.1) is 11.3 Å². The van der Waals surface area contributed by atoms with Crippen LogP contribution in [0.25, 0.3) is 0 Å². The summed E-state index contributed by atoms with van der Waals surface area (Å²) in [6.07, 6.45) is 0. The number of aliphatic imine (C=N–C) groups is 1. The molecular weight excluding hydrogens is 168 g/mol. The number of aryl methyl sites for hydroxylation is 1. The van der Waals surface area contributed by atoms with Crippen molar-refractivity contribution in [3.05, 3.63) is 16.1 Å². The number of hydrogen-bond acceptors (Lipinski definition) is 3. The van der Waals surface area contributed by atoms with Crippen LogP contribution >= 0.6 is 11.3 Å². The Kier molecular flexibility index (Phi) is 2.98. The van der Waals surface area contributed by atoms with E-state index in [9.17, 15) is 0 Å². The van der Waals surface area contributed by atoms with Crippen molar-refractivity contribution in [1.29, 1.82) is 0 Å². The number of thiazole rings is 1. The summed E-state index contributed by atoms with van der Waals surface area (Å²) >= 11 is 1.71. The molecular formula is C9H14N2S. The maximum absolute atomic E-state index is 4.42. The SMILES string of the molecule is CN=C(C)C(C)c1nc(C)cs1. The van der Waals surface area contributed by atoms with Gasteiger partial charge in [-0.25, -0.2) is 4.98 Å². The van der Waals surface area contributed by atoms with Crippen LogP contribution in [0, 0.1) is 6.92 Å². The molecule has 0 aliphatic heterocycles. The molecule has 0 N–H and O–H groups in total. The van der Waals surface area contributed by atoms with Crippen LogP contribution < -0.4 is 0 Å². The molecule has 0 saturated carbocycles. The van der Waals surface area contributed by atoms with Gasteiger partial charge in [-0.05, 0) is 13.8 Å². The molecule has 12 heavy (non-hydrogen) atoms. The average molecular weight is 182 g/mol. The average Bonchev–Trinajstić information content (AvgIpc) is 2.49. The van der Waals surface area contributed by atoms with E-state index in [1.54, 1.807) is 11.3 Å². The zero-order chi connectivity index (χ0) is 9.14. The molecule has 0 aliphatic carbocycles. The predicted molar refractivity (Wildman–Crippen MR) is 54.3 cm³/mol. The zero-order valence-corrected chi connectivity index (χ0v) is 8.77. The van der Waals surface area contributed by atoms with Gasteiger partial charge in [-0.1, -0.05) is 6.92 Å². The molecule has 0 bridgehead atoms. The molecule has 66 valence electrons. The van der Waals surface area contributed by atoms with E-state index in [1.165, 1.54) is 0 Å². The molecule has 3 heteroatoms. The van der Waals surface area contributed by atoms with E-state index in [1.807, 2.05) is 20.9 Å². The summed E-state index contributed by atoms with van der Waals surface area (Å²) in [6, 6.07) is 0. The van der Waals surface area contributed by atoms with E-state index in [0.717, 1.165) is 16.4 Å². The first kappa shape index (κ1) is 9.39. The molecule has 2 nitrogen and oxygen atoms in total. The van der Waals surface area contributed by atoms with Crippen LogP contribution in [0.15, 0.2) is 10.4 Å².